The van der Waals surface area contributed by atoms with Crippen LogP contribution in [-0.2, 0) is 11.2 Å². The minimum Gasteiger partial charge on any atom is -0.497 e. The maximum atomic E-state index is 13.5. The van der Waals surface area contributed by atoms with Crippen molar-refractivity contribution in [3.8, 4) is 5.75 Å². The summed E-state index contributed by atoms with van der Waals surface area (Å²) < 4.78 is 5.25. The molecule has 0 aromatic heterocycles. The number of amides is 1. The molecule has 0 N–H and O–H groups in total. The van der Waals surface area contributed by atoms with Gasteiger partial charge in [0.25, 0.3) is 5.91 Å². The van der Waals surface area contributed by atoms with E-state index in [1.807, 2.05) is 41.3 Å². The first-order valence-corrected chi connectivity index (χ1v) is 10.3. The van der Waals surface area contributed by atoms with Crippen LogP contribution < -0.4 is 19.4 Å². The predicted octanol–water partition coefficient (Wildman–Crippen LogP) is 3.94. The van der Waals surface area contributed by atoms with Crippen LogP contribution >= 0.6 is 0 Å². The van der Waals surface area contributed by atoms with E-state index in [4.69, 9.17) is 4.74 Å². The summed E-state index contributed by atoms with van der Waals surface area (Å²) in [6.07, 6.45) is 0.805. The zero-order valence-electron chi connectivity index (χ0n) is 17.1. The summed E-state index contributed by atoms with van der Waals surface area (Å²) in [6, 6.07) is 26.5. The highest BCUT2D eigenvalue weighted by Crippen LogP contribution is 2.39. The minimum atomic E-state index is -0.157. The molecule has 1 amide bonds. The van der Waals surface area contributed by atoms with Crippen LogP contribution in [0.1, 0.15) is 5.56 Å². The lowest BCUT2D eigenvalue weighted by Gasteiger charge is -2.38. The molecule has 5 heteroatoms. The number of carbonyl (C=O) groups is 1. The van der Waals surface area contributed by atoms with Gasteiger partial charge in [0.05, 0.1) is 25.2 Å². The zero-order chi connectivity index (χ0) is 20.5. The van der Waals surface area contributed by atoms with Crippen molar-refractivity contribution in [2.75, 3.05) is 41.6 Å². The normalized spacial score (nSPS) is 17.7. The molecule has 0 saturated carbocycles. The second-order valence-electron chi connectivity index (χ2n) is 7.76. The number of benzene rings is 3. The van der Waals surface area contributed by atoms with Gasteiger partial charge in [-0.2, -0.15) is 0 Å². The number of fused-ring (bicyclic) bond motifs is 3. The summed E-state index contributed by atoms with van der Waals surface area (Å²) in [4.78, 5) is 20.0. The SMILES string of the molecule is COc1ccc(CCN2C(=O)C3CN(c4ccccc4)CN3c3ccccc32)cc1. The Morgan fingerprint density at radius 3 is 2.33 bits per heavy atom. The molecule has 1 atom stereocenters. The van der Waals surface area contributed by atoms with Crippen molar-refractivity contribution in [2.45, 2.75) is 12.5 Å². The van der Waals surface area contributed by atoms with E-state index in [9.17, 15) is 4.79 Å². The first kappa shape index (κ1) is 18.6. The third-order valence-corrected chi connectivity index (χ3v) is 6.03. The Labute approximate surface area is 177 Å². The van der Waals surface area contributed by atoms with Crippen LogP contribution in [0.3, 0.4) is 0 Å². The molecule has 0 aliphatic carbocycles. The number of para-hydroxylation sites is 3. The first-order chi connectivity index (χ1) is 14.7. The monoisotopic (exact) mass is 399 g/mol. The minimum absolute atomic E-state index is 0.157. The van der Waals surface area contributed by atoms with E-state index in [0.29, 0.717) is 13.1 Å². The Balaban J connectivity index is 1.40. The smallest absolute Gasteiger partial charge is 0.251 e. The van der Waals surface area contributed by atoms with Crippen molar-refractivity contribution < 1.29 is 9.53 Å². The molecule has 152 valence electrons. The molecule has 0 spiro atoms. The van der Waals surface area contributed by atoms with Gasteiger partial charge >= 0.3 is 0 Å². The van der Waals surface area contributed by atoms with Crippen LogP contribution in [0.25, 0.3) is 0 Å². The van der Waals surface area contributed by atoms with Gasteiger partial charge in [-0.05, 0) is 48.4 Å². The van der Waals surface area contributed by atoms with Gasteiger partial charge in [-0.25, -0.2) is 0 Å². The number of ether oxygens (including phenoxy) is 1. The fourth-order valence-corrected chi connectivity index (χ4v) is 4.43. The van der Waals surface area contributed by atoms with Gasteiger partial charge in [-0.1, -0.05) is 42.5 Å². The molecule has 0 bridgehead atoms. The van der Waals surface area contributed by atoms with Gasteiger partial charge in [0, 0.05) is 18.8 Å². The summed E-state index contributed by atoms with van der Waals surface area (Å²) in [5.41, 5.74) is 4.49. The predicted molar refractivity (Wildman–Crippen MR) is 120 cm³/mol. The average Bonchev–Trinajstić information content (AvgIpc) is 3.26. The van der Waals surface area contributed by atoms with Gasteiger partial charge in [0.2, 0.25) is 0 Å². The molecular weight excluding hydrogens is 374 g/mol. The number of hydrogen-bond donors (Lipinski definition) is 0. The fourth-order valence-electron chi connectivity index (χ4n) is 4.43. The topological polar surface area (TPSA) is 36.0 Å². The number of nitrogens with zero attached hydrogens (tertiary/aromatic N) is 3. The summed E-state index contributed by atoms with van der Waals surface area (Å²) in [5, 5.41) is 0. The third-order valence-electron chi connectivity index (χ3n) is 6.03. The van der Waals surface area contributed by atoms with Crippen molar-refractivity contribution in [3.63, 3.8) is 0 Å². The quantitative estimate of drug-likeness (QED) is 0.651. The van der Waals surface area contributed by atoms with Crippen molar-refractivity contribution in [2.24, 2.45) is 0 Å². The third kappa shape index (κ3) is 3.26. The van der Waals surface area contributed by atoms with Crippen LogP contribution in [0.15, 0.2) is 78.9 Å². The highest BCUT2D eigenvalue weighted by Gasteiger charge is 2.43. The van der Waals surface area contributed by atoms with E-state index in [1.54, 1.807) is 7.11 Å². The van der Waals surface area contributed by atoms with Crippen LogP contribution in [0.4, 0.5) is 17.1 Å². The van der Waals surface area contributed by atoms with Crippen LogP contribution in [0, 0.1) is 0 Å². The van der Waals surface area contributed by atoms with Gasteiger partial charge in [-0.3, -0.25) is 4.79 Å². The first-order valence-electron chi connectivity index (χ1n) is 10.3. The highest BCUT2D eigenvalue weighted by atomic mass is 16.5. The molecule has 1 fully saturated rings. The summed E-state index contributed by atoms with van der Waals surface area (Å²) in [7, 11) is 1.67. The number of hydrogen-bond acceptors (Lipinski definition) is 4. The largest absolute Gasteiger partial charge is 0.497 e. The summed E-state index contributed by atoms with van der Waals surface area (Å²) in [6.45, 7) is 2.10. The lowest BCUT2D eigenvalue weighted by Crippen LogP contribution is -2.52. The number of anilines is 3. The molecule has 2 aliphatic heterocycles. The molecule has 2 heterocycles. The number of carbonyl (C=O) groups excluding carboxylic acids is 1. The van der Waals surface area contributed by atoms with Gasteiger partial charge < -0.3 is 19.4 Å². The van der Waals surface area contributed by atoms with Crippen molar-refractivity contribution >= 4 is 23.0 Å². The van der Waals surface area contributed by atoms with Crippen LogP contribution in [0.2, 0.25) is 0 Å². The number of methoxy groups -OCH3 is 1. The van der Waals surface area contributed by atoms with Crippen LogP contribution in [0.5, 0.6) is 5.75 Å². The Morgan fingerprint density at radius 1 is 0.900 bits per heavy atom. The second-order valence-corrected chi connectivity index (χ2v) is 7.76. The molecule has 3 aromatic carbocycles. The Morgan fingerprint density at radius 2 is 1.60 bits per heavy atom. The highest BCUT2D eigenvalue weighted by molar-refractivity contribution is 6.06. The molecular formula is C25H25N3O2. The van der Waals surface area contributed by atoms with Crippen LogP contribution in [-0.4, -0.2) is 38.8 Å². The van der Waals surface area contributed by atoms with Crippen molar-refractivity contribution in [1.29, 1.82) is 0 Å². The summed E-state index contributed by atoms with van der Waals surface area (Å²) >= 11 is 0. The summed E-state index contributed by atoms with van der Waals surface area (Å²) in [5.74, 6) is 1.03. The molecule has 5 nitrogen and oxygen atoms in total. The van der Waals surface area contributed by atoms with E-state index in [2.05, 4.69) is 52.3 Å². The van der Waals surface area contributed by atoms with Crippen molar-refractivity contribution in [3.05, 3.63) is 84.4 Å². The second kappa shape index (κ2) is 7.75. The van der Waals surface area contributed by atoms with Gasteiger partial charge in [-0.15, -0.1) is 0 Å². The lowest BCUT2D eigenvalue weighted by atomic mass is 10.1. The lowest BCUT2D eigenvalue weighted by molar-refractivity contribution is -0.119. The van der Waals surface area contributed by atoms with E-state index < -0.39 is 0 Å². The Hall–Kier alpha value is -3.47. The van der Waals surface area contributed by atoms with E-state index in [1.165, 1.54) is 5.56 Å². The molecule has 5 rings (SSSR count). The van der Waals surface area contributed by atoms with Crippen molar-refractivity contribution in [1.82, 2.24) is 0 Å². The van der Waals surface area contributed by atoms with Gasteiger partial charge in [0.1, 0.15) is 11.8 Å². The molecule has 0 radical (unpaired) electrons. The zero-order valence-corrected chi connectivity index (χ0v) is 17.1. The average molecular weight is 399 g/mol. The van der Waals surface area contributed by atoms with E-state index in [-0.39, 0.29) is 11.9 Å². The molecule has 1 unspecified atom stereocenters. The van der Waals surface area contributed by atoms with E-state index in [0.717, 1.165) is 35.9 Å². The Bertz CT molecular complexity index is 1040. The molecule has 1 saturated heterocycles. The fraction of sp³-hybridized carbons (Fsp3) is 0.240. The number of rotatable bonds is 5. The van der Waals surface area contributed by atoms with Gasteiger partial charge in [0.15, 0.2) is 0 Å². The Kier molecular flexibility index (Phi) is 4.79. The molecule has 30 heavy (non-hydrogen) atoms. The molecule has 2 aliphatic rings. The van der Waals surface area contributed by atoms with E-state index >= 15 is 0 Å². The molecule has 3 aromatic rings. The maximum Gasteiger partial charge on any atom is 0.251 e. The standard InChI is InChI=1S/C25H25N3O2/c1-30-21-13-11-19(12-14-21)15-16-27-22-9-5-6-10-23(22)28-18-26(17-24(28)25(27)29)20-7-3-2-4-8-20/h2-14,24H,15-18H2,1H3. The maximum absolute atomic E-state index is 13.5.